The number of fused-ring (bicyclic) bond motifs is 1. The fourth-order valence-corrected chi connectivity index (χ4v) is 3.77. The molecule has 0 radical (unpaired) electrons. The first-order valence-electron chi connectivity index (χ1n) is 8.70. The van der Waals surface area contributed by atoms with Gasteiger partial charge in [-0.25, -0.2) is 0 Å². The molecule has 0 unspecified atom stereocenters. The van der Waals surface area contributed by atoms with E-state index in [1.807, 2.05) is 18.2 Å². The summed E-state index contributed by atoms with van der Waals surface area (Å²) in [7, 11) is 0. The summed E-state index contributed by atoms with van der Waals surface area (Å²) in [4.78, 5) is 19.3. The Morgan fingerprint density at radius 3 is 3.09 bits per heavy atom. The minimum Gasteiger partial charge on any atom is -0.377 e. The molecular formula is C18H27N3O2. The zero-order valence-corrected chi connectivity index (χ0v) is 14.1. The number of hydrogen-bond acceptors (Lipinski definition) is 4. The Morgan fingerprint density at radius 2 is 2.35 bits per heavy atom. The Balaban J connectivity index is 1.52. The van der Waals surface area contributed by atoms with Gasteiger partial charge in [-0.3, -0.25) is 14.7 Å². The van der Waals surface area contributed by atoms with Gasteiger partial charge in [0.2, 0.25) is 5.91 Å². The lowest BCUT2D eigenvalue weighted by Gasteiger charge is -2.42. The third-order valence-corrected chi connectivity index (χ3v) is 4.99. The summed E-state index contributed by atoms with van der Waals surface area (Å²) in [5.41, 5.74) is 1.01. The molecular weight excluding hydrogens is 290 g/mol. The van der Waals surface area contributed by atoms with Gasteiger partial charge in [0, 0.05) is 50.1 Å². The number of pyridine rings is 1. The molecule has 126 valence electrons. The van der Waals surface area contributed by atoms with Crippen LogP contribution in [0.2, 0.25) is 0 Å². The molecule has 3 heterocycles. The van der Waals surface area contributed by atoms with E-state index < -0.39 is 0 Å². The molecule has 1 N–H and O–H groups in total. The van der Waals surface area contributed by atoms with Crippen LogP contribution in [0.4, 0.5) is 0 Å². The van der Waals surface area contributed by atoms with Crippen molar-refractivity contribution in [2.75, 3.05) is 19.7 Å². The number of piperidine rings is 1. The zero-order chi connectivity index (χ0) is 16.2. The summed E-state index contributed by atoms with van der Waals surface area (Å²) in [6.07, 6.45) is 4.73. The minimum atomic E-state index is 0.0282. The van der Waals surface area contributed by atoms with Gasteiger partial charge in [0.15, 0.2) is 0 Å². The van der Waals surface area contributed by atoms with Crippen molar-refractivity contribution in [3.05, 3.63) is 30.1 Å². The molecule has 1 aromatic heterocycles. The second-order valence-electron chi connectivity index (χ2n) is 6.85. The SMILES string of the molecule is CC(C)N1C[C@@H](C(=O)NCCc2ccccn2)C[C@H]2OCC[C@H]21. The summed E-state index contributed by atoms with van der Waals surface area (Å²) in [6.45, 7) is 6.72. The number of carbonyl (C=O) groups excluding carboxylic acids is 1. The molecule has 0 aliphatic carbocycles. The normalized spacial score (nSPS) is 27.9. The number of aromatic nitrogens is 1. The highest BCUT2D eigenvalue weighted by Gasteiger charge is 2.42. The molecule has 2 fully saturated rings. The molecule has 5 heteroatoms. The van der Waals surface area contributed by atoms with Crippen molar-refractivity contribution in [3.63, 3.8) is 0 Å². The van der Waals surface area contributed by atoms with Gasteiger partial charge in [0.25, 0.3) is 0 Å². The maximum absolute atomic E-state index is 12.5. The van der Waals surface area contributed by atoms with E-state index in [2.05, 4.69) is 29.0 Å². The van der Waals surface area contributed by atoms with Crippen LogP contribution in [0.15, 0.2) is 24.4 Å². The third-order valence-electron chi connectivity index (χ3n) is 4.99. The van der Waals surface area contributed by atoms with E-state index >= 15 is 0 Å². The summed E-state index contributed by atoms with van der Waals surface area (Å²) < 4.78 is 5.86. The van der Waals surface area contributed by atoms with Gasteiger partial charge in [0.05, 0.1) is 12.0 Å². The molecule has 3 atom stereocenters. The second-order valence-corrected chi connectivity index (χ2v) is 6.85. The highest BCUT2D eigenvalue weighted by atomic mass is 16.5. The van der Waals surface area contributed by atoms with E-state index in [1.54, 1.807) is 6.20 Å². The van der Waals surface area contributed by atoms with Gasteiger partial charge in [-0.15, -0.1) is 0 Å². The molecule has 0 saturated carbocycles. The lowest BCUT2D eigenvalue weighted by molar-refractivity contribution is -0.130. The number of nitrogens with zero attached hydrogens (tertiary/aromatic N) is 2. The molecule has 1 aromatic rings. The fourth-order valence-electron chi connectivity index (χ4n) is 3.77. The van der Waals surface area contributed by atoms with Crippen LogP contribution < -0.4 is 5.32 Å². The van der Waals surface area contributed by atoms with Crippen LogP contribution in [-0.2, 0) is 16.0 Å². The molecule has 0 aromatic carbocycles. The Morgan fingerprint density at radius 1 is 1.48 bits per heavy atom. The Labute approximate surface area is 138 Å². The van der Waals surface area contributed by atoms with Gasteiger partial charge in [-0.2, -0.15) is 0 Å². The van der Waals surface area contributed by atoms with Gasteiger partial charge in [0.1, 0.15) is 0 Å². The first-order valence-corrected chi connectivity index (χ1v) is 8.70. The van der Waals surface area contributed by atoms with Crippen molar-refractivity contribution in [1.29, 1.82) is 0 Å². The number of ether oxygens (including phenoxy) is 1. The predicted octanol–water partition coefficient (Wildman–Crippen LogP) is 1.63. The number of carbonyl (C=O) groups is 1. The molecule has 2 aliphatic heterocycles. The maximum atomic E-state index is 12.5. The Hall–Kier alpha value is -1.46. The first kappa shape index (κ1) is 16.4. The van der Waals surface area contributed by atoms with Crippen molar-refractivity contribution < 1.29 is 9.53 Å². The average Bonchev–Trinajstić information content (AvgIpc) is 3.03. The molecule has 5 nitrogen and oxygen atoms in total. The van der Waals surface area contributed by atoms with Crippen LogP contribution in [0.25, 0.3) is 0 Å². The Kier molecular flexibility index (Phi) is 5.28. The Bertz CT molecular complexity index is 520. The lowest BCUT2D eigenvalue weighted by atomic mass is 9.88. The maximum Gasteiger partial charge on any atom is 0.224 e. The monoisotopic (exact) mass is 317 g/mol. The second kappa shape index (κ2) is 7.41. The molecule has 23 heavy (non-hydrogen) atoms. The minimum absolute atomic E-state index is 0.0282. The molecule has 3 rings (SSSR count). The topological polar surface area (TPSA) is 54.5 Å². The quantitative estimate of drug-likeness (QED) is 0.897. The lowest BCUT2D eigenvalue weighted by Crippen LogP contribution is -2.55. The molecule has 0 spiro atoms. The van der Waals surface area contributed by atoms with E-state index in [0.717, 1.165) is 38.1 Å². The number of likely N-dealkylation sites (tertiary alicyclic amines) is 1. The van der Waals surface area contributed by atoms with Crippen LogP contribution in [0, 0.1) is 5.92 Å². The van der Waals surface area contributed by atoms with Crippen molar-refractivity contribution in [3.8, 4) is 0 Å². The van der Waals surface area contributed by atoms with Crippen LogP contribution >= 0.6 is 0 Å². The highest BCUT2D eigenvalue weighted by Crippen LogP contribution is 2.32. The molecule has 2 aliphatic rings. The van der Waals surface area contributed by atoms with Crippen LogP contribution in [0.3, 0.4) is 0 Å². The fraction of sp³-hybridized carbons (Fsp3) is 0.667. The third kappa shape index (κ3) is 3.90. The van der Waals surface area contributed by atoms with Crippen LogP contribution in [-0.4, -0.2) is 53.7 Å². The van der Waals surface area contributed by atoms with Gasteiger partial charge < -0.3 is 10.1 Å². The van der Waals surface area contributed by atoms with E-state index in [4.69, 9.17) is 4.74 Å². The number of nitrogens with one attached hydrogen (secondary N) is 1. The van der Waals surface area contributed by atoms with Crippen LogP contribution in [0.1, 0.15) is 32.4 Å². The highest BCUT2D eigenvalue weighted by molar-refractivity contribution is 5.79. The number of hydrogen-bond donors (Lipinski definition) is 1. The smallest absolute Gasteiger partial charge is 0.224 e. The average molecular weight is 317 g/mol. The standard InChI is InChI=1S/C18H27N3O2/c1-13(2)21-12-14(11-17-16(21)7-10-23-17)18(22)20-9-6-15-5-3-4-8-19-15/h3-5,8,13-14,16-17H,6-7,9-12H2,1-2H3,(H,20,22)/t14-,16+,17+/m0/s1. The molecule has 0 bridgehead atoms. The van der Waals surface area contributed by atoms with Gasteiger partial charge in [-0.05, 0) is 38.8 Å². The largest absolute Gasteiger partial charge is 0.377 e. The van der Waals surface area contributed by atoms with Gasteiger partial charge in [-0.1, -0.05) is 6.07 Å². The molecule has 2 saturated heterocycles. The van der Waals surface area contributed by atoms with Gasteiger partial charge >= 0.3 is 0 Å². The van der Waals surface area contributed by atoms with Crippen molar-refractivity contribution >= 4 is 5.91 Å². The first-order chi connectivity index (χ1) is 11.1. The zero-order valence-electron chi connectivity index (χ0n) is 14.1. The summed E-state index contributed by atoms with van der Waals surface area (Å²) in [5, 5.41) is 3.08. The molecule has 1 amide bonds. The summed E-state index contributed by atoms with van der Waals surface area (Å²) >= 11 is 0. The van der Waals surface area contributed by atoms with Crippen LogP contribution in [0.5, 0.6) is 0 Å². The van der Waals surface area contributed by atoms with Crippen molar-refractivity contribution in [1.82, 2.24) is 15.2 Å². The number of amides is 1. The van der Waals surface area contributed by atoms with E-state index in [0.29, 0.717) is 18.6 Å². The van der Waals surface area contributed by atoms with E-state index in [-0.39, 0.29) is 17.9 Å². The van der Waals surface area contributed by atoms with E-state index in [9.17, 15) is 4.79 Å². The predicted molar refractivity (Wildman–Crippen MR) is 89.0 cm³/mol. The number of rotatable bonds is 5. The summed E-state index contributed by atoms with van der Waals surface area (Å²) in [5.74, 6) is 0.181. The summed E-state index contributed by atoms with van der Waals surface area (Å²) in [6, 6.07) is 6.82. The van der Waals surface area contributed by atoms with E-state index in [1.165, 1.54) is 0 Å². The van der Waals surface area contributed by atoms with Crippen molar-refractivity contribution in [2.45, 2.75) is 51.3 Å². The van der Waals surface area contributed by atoms with Crippen molar-refractivity contribution in [2.24, 2.45) is 5.92 Å².